The second-order valence-electron chi connectivity index (χ2n) is 5.47. The Morgan fingerprint density at radius 1 is 1.32 bits per heavy atom. The van der Waals surface area contributed by atoms with E-state index in [2.05, 4.69) is 21.2 Å². The van der Waals surface area contributed by atoms with Crippen molar-refractivity contribution in [1.29, 1.82) is 0 Å². The highest BCUT2D eigenvalue weighted by Crippen LogP contribution is 2.36. The number of amides is 1. The lowest BCUT2D eigenvalue weighted by Gasteiger charge is -2.31. The quantitative estimate of drug-likeness (QED) is 0.865. The third-order valence-electron chi connectivity index (χ3n) is 4.03. The van der Waals surface area contributed by atoms with Crippen molar-refractivity contribution >= 4 is 21.8 Å². The van der Waals surface area contributed by atoms with Gasteiger partial charge in [0, 0.05) is 32.6 Å². The number of carbonyl (C=O) groups is 1. The molecule has 1 amide bonds. The molecule has 0 bridgehead atoms. The summed E-state index contributed by atoms with van der Waals surface area (Å²) in [6.07, 6.45) is 1.99. The van der Waals surface area contributed by atoms with Crippen molar-refractivity contribution < 1.29 is 14.3 Å². The Labute approximate surface area is 140 Å². The summed E-state index contributed by atoms with van der Waals surface area (Å²) in [6, 6.07) is 4.47. The van der Waals surface area contributed by atoms with E-state index in [4.69, 9.17) is 9.47 Å². The van der Waals surface area contributed by atoms with Gasteiger partial charge in [-0.25, -0.2) is 0 Å². The molecule has 0 aliphatic carbocycles. The summed E-state index contributed by atoms with van der Waals surface area (Å²) < 4.78 is 11.6. The zero-order chi connectivity index (χ0) is 16.1. The van der Waals surface area contributed by atoms with Crippen molar-refractivity contribution in [3.63, 3.8) is 0 Å². The number of nitrogens with one attached hydrogen (secondary N) is 1. The maximum atomic E-state index is 11.3. The van der Waals surface area contributed by atoms with Gasteiger partial charge in [-0.2, -0.15) is 0 Å². The molecular formula is C16H23BrN2O3. The Hall–Kier alpha value is -1.27. The van der Waals surface area contributed by atoms with Gasteiger partial charge in [0.05, 0.1) is 18.7 Å². The monoisotopic (exact) mass is 370 g/mol. The molecule has 0 atom stereocenters. The minimum atomic E-state index is 0.169. The molecule has 1 aliphatic rings. The van der Waals surface area contributed by atoms with Gasteiger partial charge in [0.25, 0.3) is 0 Å². The molecular weight excluding hydrogens is 348 g/mol. The lowest BCUT2D eigenvalue weighted by Crippen LogP contribution is -2.43. The summed E-state index contributed by atoms with van der Waals surface area (Å²) in [5.41, 5.74) is 1.14. The average Bonchev–Trinajstić information content (AvgIpc) is 2.52. The van der Waals surface area contributed by atoms with Crippen LogP contribution in [0.5, 0.6) is 11.5 Å². The predicted octanol–water partition coefficient (Wildman–Crippen LogP) is 2.57. The molecule has 6 heteroatoms. The molecule has 1 saturated heterocycles. The SMILES string of the molecule is COc1cc(CNC2CCN(C(C)=O)CC2)cc(Br)c1OC. The van der Waals surface area contributed by atoms with Crippen molar-refractivity contribution in [2.24, 2.45) is 0 Å². The first kappa shape index (κ1) is 17.1. The van der Waals surface area contributed by atoms with E-state index in [0.717, 1.165) is 48.3 Å². The van der Waals surface area contributed by atoms with Gasteiger partial charge in [-0.1, -0.05) is 0 Å². The zero-order valence-electron chi connectivity index (χ0n) is 13.3. The van der Waals surface area contributed by atoms with Crippen LogP contribution in [0.3, 0.4) is 0 Å². The smallest absolute Gasteiger partial charge is 0.219 e. The molecule has 2 rings (SSSR count). The standard InChI is InChI=1S/C16H23BrN2O3/c1-11(20)19-6-4-13(5-7-19)18-10-12-8-14(17)16(22-3)15(9-12)21-2/h8-9,13,18H,4-7,10H2,1-3H3. The summed E-state index contributed by atoms with van der Waals surface area (Å²) in [5, 5.41) is 3.56. The average molecular weight is 371 g/mol. The molecule has 0 radical (unpaired) electrons. The van der Waals surface area contributed by atoms with Crippen LogP contribution in [0.4, 0.5) is 0 Å². The van der Waals surface area contributed by atoms with Crippen LogP contribution in [0, 0.1) is 0 Å². The largest absolute Gasteiger partial charge is 0.493 e. The van der Waals surface area contributed by atoms with Gasteiger partial charge in [-0.3, -0.25) is 4.79 Å². The van der Waals surface area contributed by atoms with E-state index in [0.29, 0.717) is 11.8 Å². The molecule has 122 valence electrons. The summed E-state index contributed by atoms with van der Waals surface area (Å²) in [6.45, 7) is 4.07. The third kappa shape index (κ3) is 4.14. The number of methoxy groups -OCH3 is 2. The van der Waals surface area contributed by atoms with Crippen molar-refractivity contribution in [2.75, 3.05) is 27.3 Å². The first-order chi connectivity index (χ1) is 10.5. The minimum Gasteiger partial charge on any atom is -0.493 e. The third-order valence-corrected chi connectivity index (χ3v) is 4.62. The molecule has 1 aromatic carbocycles. The van der Waals surface area contributed by atoms with Gasteiger partial charge in [-0.05, 0) is 46.5 Å². The van der Waals surface area contributed by atoms with Crippen LogP contribution >= 0.6 is 15.9 Å². The van der Waals surface area contributed by atoms with E-state index < -0.39 is 0 Å². The van der Waals surface area contributed by atoms with Gasteiger partial charge in [0.2, 0.25) is 5.91 Å². The molecule has 0 aromatic heterocycles. The Balaban J connectivity index is 1.92. The Morgan fingerprint density at radius 3 is 2.55 bits per heavy atom. The highest BCUT2D eigenvalue weighted by atomic mass is 79.9. The van der Waals surface area contributed by atoms with Crippen LogP contribution in [0.25, 0.3) is 0 Å². The first-order valence-corrected chi connectivity index (χ1v) is 8.23. The second kappa shape index (κ2) is 7.83. The minimum absolute atomic E-state index is 0.169. The van der Waals surface area contributed by atoms with Crippen LogP contribution in [-0.4, -0.2) is 44.2 Å². The van der Waals surface area contributed by atoms with Gasteiger partial charge in [0.15, 0.2) is 11.5 Å². The molecule has 1 aromatic rings. The molecule has 1 aliphatic heterocycles. The van der Waals surface area contributed by atoms with Crippen molar-refractivity contribution in [3.05, 3.63) is 22.2 Å². The first-order valence-electron chi connectivity index (χ1n) is 7.44. The van der Waals surface area contributed by atoms with Crippen molar-refractivity contribution in [3.8, 4) is 11.5 Å². The van der Waals surface area contributed by atoms with Gasteiger partial charge < -0.3 is 19.7 Å². The van der Waals surface area contributed by atoms with Gasteiger partial charge in [0.1, 0.15) is 0 Å². The summed E-state index contributed by atoms with van der Waals surface area (Å²) in [5.74, 6) is 1.60. The van der Waals surface area contributed by atoms with Gasteiger partial charge in [-0.15, -0.1) is 0 Å². The highest BCUT2D eigenvalue weighted by Gasteiger charge is 2.20. The Morgan fingerprint density at radius 2 is 2.00 bits per heavy atom. The number of hydrogen-bond acceptors (Lipinski definition) is 4. The van der Waals surface area contributed by atoms with Crippen molar-refractivity contribution in [1.82, 2.24) is 10.2 Å². The molecule has 1 fully saturated rings. The number of benzene rings is 1. The molecule has 1 N–H and O–H groups in total. The Kier molecular flexibility index (Phi) is 6.08. The van der Waals surface area contributed by atoms with E-state index >= 15 is 0 Å². The lowest BCUT2D eigenvalue weighted by atomic mass is 10.0. The second-order valence-corrected chi connectivity index (χ2v) is 6.33. The lowest BCUT2D eigenvalue weighted by molar-refractivity contribution is -0.129. The number of piperidine rings is 1. The van der Waals surface area contributed by atoms with E-state index in [1.165, 1.54) is 0 Å². The van der Waals surface area contributed by atoms with E-state index in [1.54, 1.807) is 21.1 Å². The molecule has 1 heterocycles. The van der Waals surface area contributed by atoms with E-state index in [-0.39, 0.29) is 5.91 Å². The highest BCUT2D eigenvalue weighted by molar-refractivity contribution is 9.10. The maximum Gasteiger partial charge on any atom is 0.219 e. The van der Waals surface area contributed by atoms with Crippen LogP contribution in [0.15, 0.2) is 16.6 Å². The molecule has 5 nitrogen and oxygen atoms in total. The van der Waals surface area contributed by atoms with Crippen LogP contribution in [0.2, 0.25) is 0 Å². The maximum absolute atomic E-state index is 11.3. The number of halogens is 1. The Bertz CT molecular complexity index is 528. The fourth-order valence-electron chi connectivity index (χ4n) is 2.73. The van der Waals surface area contributed by atoms with Crippen LogP contribution in [0.1, 0.15) is 25.3 Å². The molecule has 0 spiro atoms. The topological polar surface area (TPSA) is 50.8 Å². The molecule has 0 saturated carbocycles. The van der Waals surface area contributed by atoms with Crippen molar-refractivity contribution in [2.45, 2.75) is 32.4 Å². The zero-order valence-corrected chi connectivity index (χ0v) is 14.9. The molecule has 0 unspecified atom stereocenters. The fraction of sp³-hybridized carbons (Fsp3) is 0.562. The normalized spacial score (nSPS) is 15.7. The number of hydrogen-bond donors (Lipinski definition) is 1. The number of carbonyl (C=O) groups excluding carboxylic acids is 1. The van der Waals surface area contributed by atoms with Crippen LogP contribution < -0.4 is 14.8 Å². The van der Waals surface area contributed by atoms with Crippen LogP contribution in [-0.2, 0) is 11.3 Å². The summed E-state index contributed by atoms with van der Waals surface area (Å²) in [4.78, 5) is 13.2. The summed E-state index contributed by atoms with van der Waals surface area (Å²) >= 11 is 3.51. The van der Waals surface area contributed by atoms with E-state index in [1.807, 2.05) is 17.0 Å². The summed E-state index contributed by atoms with van der Waals surface area (Å²) in [7, 11) is 3.27. The number of likely N-dealkylation sites (tertiary alicyclic amines) is 1. The fourth-order valence-corrected chi connectivity index (χ4v) is 3.39. The number of ether oxygens (including phenoxy) is 2. The van der Waals surface area contributed by atoms with Gasteiger partial charge >= 0.3 is 0 Å². The molecule has 22 heavy (non-hydrogen) atoms. The number of rotatable bonds is 5. The van der Waals surface area contributed by atoms with E-state index in [9.17, 15) is 4.79 Å². The number of nitrogens with zero attached hydrogens (tertiary/aromatic N) is 1. The predicted molar refractivity (Wildman–Crippen MR) is 89.4 cm³/mol.